The molecule has 0 aromatic heterocycles. The summed E-state index contributed by atoms with van der Waals surface area (Å²) < 4.78 is 1.16. The Balaban J connectivity index is 0.000000392. The van der Waals surface area contributed by atoms with Gasteiger partial charge in [-0.15, -0.1) is 5.56 Å². The van der Waals surface area contributed by atoms with Gasteiger partial charge < -0.3 is 49.5 Å². The first-order valence-corrected chi connectivity index (χ1v) is 7.05. The second kappa shape index (κ2) is 9.30. The van der Waals surface area contributed by atoms with Crippen molar-refractivity contribution in [2.45, 2.75) is 33.6 Å². The molecule has 0 fully saturated rings. The van der Waals surface area contributed by atoms with Gasteiger partial charge >= 0.3 is 0 Å². The second-order valence-electron chi connectivity index (χ2n) is 4.12. The Morgan fingerprint density at radius 1 is 1.32 bits per heavy atom. The SMILES string of the molecule is Br[c-]1[cH-][cH-][cH-][cH-]1.CCc1c(C(C)=O)cc[c-]1CC.[Fe]. The molecule has 1 nitrogen and oxygen atoms in total. The topological polar surface area (TPSA) is 17.1 Å². The van der Waals surface area contributed by atoms with E-state index in [1.165, 1.54) is 11.1 Å². The maximum absolute atomic E-state index is 11.2. The van der Waals surface area contributed by atoms with Crippen LogP contribution in [0.2, 0.25) is 0 Å². The number of carbonyl (C=O) groups is 1. The smallest absolute Gasteiger partial charge is 0.0947 e. The molecule has 0 N–H and O–H groups in total. The molecule has 2 aromatic carbocycles. The summed E-state index contributed by atoms with van der Waals surface area (Å²) in [7, 11) is 0. The molecular formula is C16H19BrFeO-6. The third kappa shape index (κ3) is 5.48. The molecule has 0 aliphatic carbocycles. The van der Waals surface area contributed by atoms with Crippen LogP contribution in [0.1, 0.15) is 42.3 Å². The van der Waals surface area contributed by atoms with Crippen LogP contribution in [-0.4, -0.2) is 5.78 Å². The molecule has 0 radical (unpaired) electrons. The van der Waals surface area contributed by atoms with Gasteiger partial charge in [-0.25, -0.2) is 6.07 Å². The van der Waals surface area contributed by atoms with Gasteiger partial charge in [0.15, 0.2) is 0 Å². The summed E-state index contributed by atoms with van der Waals surface area (Å²) in [5, 5.41) is 0. The number of hydrogen-bond acceptors (Lipinski definition) is 1. The number of ketones is 1. The molecule has 0 unspecified atom stereocenters. The Morgan fingerprint density at radius 2 is 1.89 bits per heavy atom. The van der Waals surface area contributed by atoms with Crippen molar-refractivity contribution < 1.29 is 21.9 Å². The number of halogens is 1. The van der Waals surface area contributed by atoms with Crippen LogP contribution in [0.5, 0.6) is 0 Å². The van der Waals surface area contributed by atoms with E-state index >= 15 is 0 Å². The summed E-state index contributed by atoms with van der Waals surface area (Å²) in [6.07, 6.45) is 1.99. The second-order valence-corrected chi connectivity index (χ2v) is 5.03. The molecular weight excluding hydrogens is 344 g/mol. The minimum Gasteiger partial charge on any atom is -0.747 e. The van der Waals surface area contributed by atoms with Crippen LogP contribution in [0.25, 0.3) is 0 Å². The number of aryl methyl sites for hydroxylation is 1. The molecule has 2 rings (SSSR count). The maximum Gasteiger partial charge on any atom is 0.0947 e. The fourth-order valence-electron chi connectivity index (χ4n) is 1.99. The van der Waals surface area contributed by atoms with Crippen molar-refractivity contribution in [3.63, 3.8) is 0 Å². The van der Waals surface area contributed by atoms with Crippen LogP contribution < -0.4 is 0 Å². The van der Waals surface area contributed by atoms with Gasteiger partial charge in [0.05, 0.1) is 5.78 Å². The molecule has 0 aliphatic rings. The Bertz CT molecular complexity index is 483. The Kier molecular flexibility index (Phi) is 8.99. The zero-order chi connectivity index (χ0) is 13.5. The number of Topliss-reactive ketones (excluding diaryl/α,β-unsaturated/α-hetero) is 1. The molecule has 0 saturated heterocycles. The predicted octanol–water partition coefficient (Wildman–Crippen LogP) is 4.90. The normalized spacial score (nSPS) is 9.26. The zero-order valence-electron chi connectivity index (χ0n) is 11.5. The summed E-state index contributed by atoms with van der Waals surface area (Å²) in [5.41, 5.74) is 3.47. The molecule has 0 bridgehead atoms. The molecule has 3 heteroatoms. The predicted molar refractivity (Wildman–Crippen MR) is 80.5 cm³/mol. The number of rotatable bonds is 3. The van der Waals surface area contributed by atoms with E-state index in [2.05, 4.69) is 35.8 Å². The van der Waals surface area contributed by atoms with E-state index in [4.69, 9.17) is 0 Å². The Labute approximate surface area is 134 Å². The molecule has 0 amide bonds. The fourth-order valence-corrected chi connectivity index (χ4v) is 2.29. The van der Waals surface area contributed by atoms with Crippen molar-refractivity contribution in [3.8, 4) is 0 Å². The van der Waals surface area contributed by atoms with Gasteiger partial charge in [0, 0.05) is 17.1 Å². The molecule has 0 aliphatic heterocycles. The first-order chi connectivity index (χ1) is 8.60. The molecule has 2 aromatic rings. The minimum absolute atomic E-state index is 0. The van der Waals surface area contributed by atoms with Crippen LogP contribution in [0.15, 0.2) is 40.9 Å². The number of hydrogen-bond donors (Lipinski definition) is 0. The van der Waals surface area contributed by atoms with Gasteiger partial charge in [-0.05, 0) is 6.92 Å². The van der Waals surface area contributed by atoms with E-state index in [0.717, 1.165) is 22.9 Å². The van der Waals surface area contributed by atoms with E-state index < -0.39 is 0 Å². The largest absolute Gasteiger partial charge is 0.747 e. The first-order valence-electron chi connectivity index (χ1n) is 6.25. The van der Waals surface area contributed by atoms with Crippen molar-refractivity contribution in [1.29, 1.82) is 0 Å². The summed E-state index contributed by atoms with van der Waals surface area (Å²) in [6, 6.07) is 12.0. The van der Waals surface area contributed by atoms with Crippen LogP contribution >= 0.6 is 15.9 Å². The van der Waals surface area contributed by atoms with E-state index in [1.54, 1.807) is 6.92 Å². The molecule has 0 atom stereocenters. The molecule has 110 valence electrons. The molecule has 0 saturated carbocycles. The van der Waals surface area contributed by atoms with E-state index in [1.807, 2.05) is 30.3 Å². The maximum atomic E-state index is 11.2. The minimum atomic E-state index is 0. The van der Waals surface area contributed by atoms with Crippen LogP contribution in [0.3, 0.4) is 0 Å². The number of carbonyl (C=O) groups excluding carboxylic acids is 1. The summed E-state index contributed by atoms with van der Waals surface area (Å²) in [6.45, 7) is 5.85. The van der Waals surface area contributed by atoms with Crippen LogP contribution in [0, 0.1) is 0 Å². The van der Waals surface area contributed by atoms with Gasteiger partial charge in [0.2, 0.25) is 0 Å². The van der Waals surface area contributed by atoms with Crippen molar-refractivity contribution in [1.82, 2.24) is 0 Å². The average Bonchev–Trinajstić information content (AvgIpc) is 2.97. The van der Waals surface area contributed by atoms with Crippen LogP contribution in [0.4, 0.5) is 0 Å². The Hall–Kier alpha value is -0.631. The van der Waals surface area contributed by atoms with Gasteiger partial charge in [-0.2, -0.15) is 17.2 Å². The standard InChI is InChI=1S/C11H15O.C5H4Br.Fe/c1-4-9-6-7-11(8(3)12)10(9)5-2;6-5-3-1-2-4-5;/h6-7H,4-5H2,1-3H3;1-4H;/q-1;-5;. The van der Waals surface area contributed by atoms with Gasteiger partial charge in [-0.1, -0.05) is 26.7 Å². The monoisotopic (exact) mass is 362 g/mol. The zero-order valence-corrected chi connectivity index (χ0v) is 14.2. The summed E-state index contributed by atoms with van der Waals surface area (Å²) in [4.78, 5) is 11.2. The third-order valence-electron chi connectivity index (χ3n) is 2.90. The quantitative estimate of drug-likeness (QED) is 0.431. The van der Waals surface area contributed by atoms with E-state index in [9.17, 15) is 4.79 Å². The summed E-state index contributed by atoms with van der Waals surface area (Å²) >= 11 is 3.28. The van der Waals surface area contributed by atoms with E-state index in [0.29, 0.717) is 0 Å². The molecule has 0 heterocycles. The summed E-state index contributed by atoms with van der Waals surface area (Å²) in [5.74, 6) is 0.187. The first kappa shape index (κ1) is 18.4. The van der Waals surface area contributed by atoms with Crippen molar-refractivity contribution >= 4 is 21.7 Å². The van der Waals surface area contributed by atoms with E-state index in [-0.39, 0.29) is 22.9 Å². The van der Waals surface area contributed by atoms with Gasteiger partial charge in [0.25, 0.3) is 0 Å². The molecule has 0 spiro atoms. The van der Waals surface area contributed by atoms with Crippen molar-refractivity contribution in [2.24, 2.45) is 0 Å². The Morgan fingerprint density at radius 3 is 2.21 bits per heavy atom. The average molecular weight is 363 g/mol. The van der Waals surface area contributed by atoms with Crippen LogP contribution in [-0.2, 0) is 29.9 Å². The van der Waals surface area contributed by atoms with Gasteiger partial charge in [-0.3, -0.25) is 0 Å². The van der Waals surface area contributed by atoms with Crippen molar-refractivity contribution in [3.05, 3.63) is 57.6 Å². The van der Waals surface area contributed by atoms with Crippen molar-refractivity contribution in [2.75, 3.05) is 0 Å². The third-order valence-corrected chi connectivity index (χ3v) is 3.43. The fraction of sp³-hybridized carbons (Fsp3) is 0.312. The van der Waals surface area contributed by atoms with Gasteiger partial charge in [0.1, 0.15) is 0 Å². The molecule has 19 heavy (non-hydrogen) atoms.